The molecule has 0 aliphatic heterocycles. The lowest BCUT2D eigenvalue weighted by Crippen LogP contribution is -2.30. The average molecular weight is 286 g/mol. The average Bonchev–Trinajstić information content (AvgIpc) is 3.18. The first-order chi connectivity index (χ1) is 10.0. The number of hydrogen-bond donors (Lipinski definition) is 3. The van der Waals surface area contributed by atoms with Gasteiger partial charge in [0.05, 0.1) is 0 Å². The standard InChI is InChI=1S/C17H22N2O2/c1-11-12(2)19-15-4-3-13(9-14(11)15)16(21)18-10-17(5-6-17)7-8-20/h3-4,9,19-20H,5-8,10H2,1-2H3,(H,18,21). The summed E-state index contributed by atoms with van der Waals surface area (Å²) in [4.78, 5) is 15.6. The van der Waals surface area contributed by atoms with E-state index in [-0.39, 0.29) is 17.9 Å². The lowest BCUT2D eigenvalue weighted by Gasteiger charge is -2.14. The third-order valence-corrected chi connectivity index (χ3v) is 4.79. The molecule has 0 atom stereocenters. The molecule has 1 amide bonds. The van der Waals surface area contributed by atoms with Crippen molar-refractivity contribution in [2.24, 2.45) is 5.41 Å². The molecule has 0 radical (unpaired) electrons. The van der Waals surface area contributed by atoms with Crippen LogP contribution in [0.2, 0.25) is 0 Å². The highest BCUT2D eigenvalue weighted by Gasteiger charge is 2.41. The number of benzene rings is 1. The van der Waals surface area contributed by atoms with Gasteiger partial charge in [0.25, 0.3) is 5.91 Å². The Morgan fingerprint density at radius 1 is 1.38 bits per heavy atom. The maximum absolute atomic E-state index is 12.3. The first kappa shape index (κ1) is 14.1. The second-order valence-corrected chi connectivity index (χ2v) is 6.29. The number of rotatable bonds is 5. The predicted molar refractivity (Wildman–Crippen MR) is 83.5 cm³/mol. The van der Waals surface area contributed by atoms with Crippen molar-refractivity contribution in [2.45, 2.75) is 33.1 Å². The minimum Gasteiger partial charge on any atom is -0.396 e. The number of carbonyl (C=O) groups is 1. The van der Waals surface area contributed by atoms with Gasteiger partial charge in [0.2, 0.25) is 0 Å². The molecule has 0 bridgehead atoms. The lowest BCUT2D eigenvalue weighted by molar-refractivity contribution is 0.0941. The molecule has 1 fully saturated rings. The number of aliphatic hydroxyl groups is 1. The Hall–Kier alpha value is -1.81. The van der Waals surface area contributed by atoms with Crippen molar-refractivity contribution in [3.05, 3.63) is 35.0 Å². The van der Waals surface area contributed by atoms with Crippen molar-refractivity contribution in [3.8, 4) is 0 Å². The molecule has 0 spiro atoms. The van der Waals surface area contributed by atoms with Crippen LogP contribution in [-0.4, -0.2) is 29.1 Å². The Morgan fingerprint density at radius 2 is 2.14 bits per heavy atom. The molecule has 1 heterocycles. The van der Waals surface area contributed by atoms with Crippen LogP contribution in [0.25, 0.3) is 10.9 Å². The topological polar surface area (TPSA) is 65.1 Å². The highest BCUT2D eigenvalue weighted by atomic mass is 16.3. The van der Waals surface area contributed by atoms with E-state index in [0.29, 0.717) is 12.1 Å². The number of aryl methyl sites for hydroxylation is 2. The van der Waals surface area contributed by atoms with Gasteiger partial charge in [-0.15, -0.1) is 0 Å². The van der Waals surface area contributed by atoms with E-state index in [1.807, 2.05) is 25.1 Å². The fourth-order valence-corrected chi connectivity index (χ4v) is 2.90. The number of amides is 1. The van der Waals surface area contributed by atoms with Crippen LogP contribution in [0.3, 0.4) is 0 Å². The van der Waals surface area contributed by atoms with E-state index in [0.717, 1.165) is 35.9 Å². The minimum absolute atomic E-state index is 0.0284. The van der Waals surface area contributed by atoms with Crippen molar-refractivity contribution < 1.29 is 9.90 Å². The monoisotopic (exact) mass is 286 g/mol. The third-order valence-electron chi connectivity index (χ3n) is 4.79. The maximum Gasteiger partial charge on any atom is 0.251 e. The van der Waals surface area contributed by atoms with Crippen molar-refractivity contribution in [1.82, 2.24) is 10.3 Å². The van der Waals surface area contributed by atoms with Gasteiger partial charge in [0.1, 0.15) is 0 Å². The van der Waals surface area contributed by atoms with Gasteiger partial charge in [-0.3, -0.25) is 4.79 Å². The molecule has 1 aromatic heterocycles. The van der Waals surface area contributed by atoms with Crippen molar-refractivity contribution in [3.63, 3.8) is 0 Å². The van der Waals surface area contributed by atoms with Gasteiger partial charge in [0.15, 0.2) is 0 Å². The van der Waals surface area contributed by atoms with Gasteiger partial charge in [0, 0.05) is 35.3 Å². The molecule has 1 aromatic carbocycles. The van der Waals surface area contributed by atoms with Crippen molar-refractivity contribution in [1.29, 1.82) is 0 Å². The van der Waals surface area contributed by atoms with E-state index >= 15 is 0 Å². The molecule has 4 nitrogen and oxygen atoms in total. The number of aromatic nitrogens is 1. The van der Waals surface area contributed by atoms with Crippen LogP contribution in [0.4, 0.5) is 0 Å². The second kappa shape index (κ2) is 5.19. The summed E-state index contributed by atoms with van der Waals surface area (Å²) in [6.45, 7) is 4.97. The van der Waals surface area contributed by atoms with Crippen molar-refractivity contribution in [2.75, 3.05) is 13.2 Å². The zero-order valence-electron chi connectivity index (χ0n) is 12.6. The Bertz CT molecular complexity index is 683. The Labute approximate surface area is 124 Å². The first-order valence-corrected chi connectivity index (χ1v) is 7.53. The number of aliphatic hydroxyl groups excluding tert-OH is 1. The van der Waals surface area contributed by atoms with Gasteiger partial charge < -0.3 is 15.4 Å². The number of fused-ring (bicyclic) bond motifs is 1. The summed E-state index contributed by atoms with van der Waals surface area (Å²) < 4.78 is 0. The van der Waals surface area contributed by atoms with E-state index in [4.69, 9.17) is 5.11 Å². The zero-order valence-corrected chi connectivity index (χ0v) is 12.6. The summed E-state index contributed by atoms with van der Waals surface area (Å²) in [5, 5.41) is 13.2. The smallest absolute Gasteiger partial charge is 0.251 e. The summed E-state index contributed by atoms with van der Waals surface area (Å²) in [6.07, 6.45) is 2.98. The van der Waals surface area contributed by atoms with Gasteiger partial charge in [-0.2, -0.15) is 0 Å². The molecular weight excluding hydrogens is 264 g/mol. The Kier molecular flexibility index (Phi) is 3.49. The van der Waals surface area contributed by atoms with E-state index in [1.54, 1.807) is 0 Å². The summed E-state index contributed by atoms with van der Waals surface area (Å²) in [5.41, 5.74) is 4.25. The van der Waals surface area contributed by atoms with Crippen LogP contribution in [0.15, 0.2) is 18.2 Å². The van der Waals surface area contributed by atoms with Crippen LogP contribution < -0.4 is 5.32 Å². The van der Waals surface area contributed by atoms with Gasteiger partial charge >= 0.3 is 0 Å². The molecule has 2 aromatic rings. The fourth-order valence-electron chi connectivity index (χ4n) is 2.90. The SMILES string of the molecule is Cc1[nH]c2ccc(C(=O)NCC3(CCO)CC3)cc2c1C. The fraction of sp³-hybridized carbons (Fsp3) is 0.471. The van der Waals surface area contributed by atoms with Gasteiger partial charge in [-0.25, -0.2) is 0 Å². The van der Waals surface area contributed by atoms with Crippen LogP contribution in [-0.2, 0) is 0 Å². The van der Waals surface area contributed by atoms with Gasteiger partial charge in [-0.1, -0.05) is 0 Å². The molecular formula is C17H22N2O2. The van der Waals surface area contributed by atoms with E-state index in [1.165, 1.54) is 5.56 Å². The molecule has 1 saturated carbocycles. The molecule has 0 unspecified atom stereocenters. The maximum atomic E-state index is 12.3. The summed E-state index contributed by atoms with van der Waals surface area (Å²) >= 11 is 0. The van der Waals surface area contributed by atoms with E-state index in [2.05, 4.69) is 17.2 Å². The molecule has 4 heteroatoms. The quantitative estimate of drug-likeness (QED) is 0.791. The first-order valence-electron chi connectivity index (χ1n) is 7.53. The summed E-state index contributed by atoms with van der Waals surface area (Å²) in [5.74, 6) is -0.0284. The van der Waals surface area contributed by atoms with Crippen molar-refractivity contribution >= 4 is 16.8 Å². The number of carbonyl (C=O) groups excluding carboxylic acids is 1. The number of nitrogens with one attached hydrogen (secondary N) is 2. The molecule has 0 saturated heterocycles. The molecule has 21 heavy (non-hydrogen) atoms. The Morgan fingerprint density at radius 3 is 2.81 bits per heavy atom. The summed E-state index contributed by atoms with van der Waals surface area (Å²) in [6, 6.07) is 5.78. The van der Waals surface area contributed by atoms with Gasteiger partial charge in [-0.05, 0) is 62.3 Å². The molecule has 3 rings (SSSR count). The largest absolute Gasteiger partial charge is 0.396 e. The molecule has 112 valence electrons. The van der Waals surface area contributed by atoms with Crippen LogP contribution >= 0.6 is 0 Å². The normalized spacial score (nSPS) is 16.1. The summed E-state index contributed by atoms with van der Waals surface area (Å²) in [7, 11) is 0. The van der Waals surface area contributed by atoms with Crippen LogP contribution in [0.5, 0.6) is 0 Å². The predicted octanol–water partition coefficient (Wildman–Crippen LogP) is 2.68. The van der Waals surface area contributed by atoms with Crippen LogP contribution in [0, 0.1) is 19.3 Å². The highest BCUT2D eigenvalue weighted by molar-refractivity contribution is 5.99. The number of hydrogen-bond acceptors (Lipinski definition) is 2. The molecule has 1 aliphatic carbocycles. The molecule has 3 N–H and O–H groups in total. The minimum atomic E-state index is -0.0284. The van der Waals surface area contributed by atoms with E-state index < -0.39 is 0 Å². The Balaban J connectivity index is 1.74. The number of aromatic amines is 1. The van der Waals surface area contributed by atoms with Crippen LogP contribution in [0.1, 0.15) is 40.9 Å². The third kappa shape index (κ3) is 2.68. The highest BCUT2D eigenvalue weighted by Crippen LogP contribution is 2.47. The second-order valence-electron chi connectivity index (χ2n) is 6.29. The lowest BCUT2D eigenvalue weighted by atomic mass is 10.0. The van der Waals surface area contributed by atoms with E-state index in [9.17, 15) is 4.79 Å². The zero-order chi connectivity index (χ0) is 15.0. The number of H-pyrrole nitrogens is 1. The molecule has 1 aliphatic rings.